The van der Waals surface area contributed by atoms with Crippen molar-refractivity contribution in [2.45, 2.75) is 40.2 Å². The van der Waals surface area contributed by atoms with E-state index in [9.17, 15) is 4.79 Å². The second kappa shape index (κ2) is 15.7. The van der Waals surface area contributed by atoms with Crippen LogP contribution in [-0.2, 0) is 10.3 Å². The summed E-state index contributed by atoms with van der Waals surface area (Å²) >= 11 is 0. The molecule has 254 valence electrons. The van der Waals surface area contributed by atoms with Gasteiger partial charge in [-0.15, -0.1) is 0 Å². The van der Waals surface area contributed by atoms with Crippen molar-refractivity contribution in [2.75, 3.05) is 25.1 Å². The van der Waals surface area contributed by atoms with Crippen molar-refractivity contribution in [2.24, 2.45) is 0 Å². The molecule has 0 aromatic heterocycles. The molecule has 6 rings (SSSR count). The molecule has 0 spiro atoms. The summed E-state index contributed by atoms with van der Waals surface area (Å²) in [5.41, 5.74) is 8.48. The van der Waals surface area contributed by atoms with Gasteiger partial charge in [0, 0.05) is 46.4 Å². The van der Waals surface area contributed by atoms with E-state index in [-0.39, 0.29) is 0 Å². The summed E-state index contributed by atoms with van der Waals surface area (Å²) in [6.45, 7) is 19.8. The maximum Gasteiger partial charge on any atom is 0.339 e. The Bertz CT molecular complexity index is 2050. The molecule has 1 aliphatic rings. The molecule has 0 saturated heterocycles. The highest BCUT2D eigenvalue weighted by atomic mass is 16.5. The summed E-state index contributed by atoms with van der Waals surface area (Å²) in [4.78, 5) is 16.0. The number of anilines is 1. The summed E-state index contributed by atoms with van der Waals surface area (Å²) in [6.07, 6.45) is 7.97. The molecule has 0 saturated carbocycles. The molecular formula is C46H47NO3. The van der Waals surface area contributed by atoms with Gasteiger partial charge in [0.15, 0.2) is 5.60 Å². The average molecular weight is 662 g/mol. The van der Waals surface area contributed by atoms with Crippen LogP contribution in [0.3, 0.4) is 0 Å². The van der Waals surface area contributed by atoms with Crippen LogP contribution in [0.2, 0.25) is 0 Å². The maximum absolute atomic E-state index is 13.6. The van der Waals surface area contributed by atoms with Gasteiger partial charge in [-0.2, -0.15) is 0 Å². The van der Waals surface area contributed by atoms with Gasteiger partial charge in [-0.05, 0) is 75.4 Å². The van der Waals surface area contributed by atoms with E-state index < -0.39 is 11.6 Å². The Kier molecular flexibility index (Phi) is 11.2. The van der Waals surface area contributed by atoms with Gasteiger partial charge in [-0.25, -0.2) is 4.79 Å². The molecule has 1 heterocycles. The molecule has 0 fully saturated rings. The number of allylic oxidation sites excluding steroid dienone is 4. The van der Waals surface area contributed by atoms with E-state index in [1.807, 2.05) is 93.6 Å². The minimum Gasteiger partial charge on any atom is -0.472 e. The fourth-order valence-corrected chi connectivity index (χ4v) is 6.42. The number of nitrogens with zero attached hydrogens (tertiary/aromatic N) is 1. The molecule has 4 nitrogen and oxygen atoms in total. The normalized spacial score (nSPS) is 14.9. The zero-order valence-corrected chi connectivity index (χ0v) is 30.1. The van der Waals surface area contributed by atoms with Crippen LogP contribution >= 0.6 is 0 Å². The van der Waals surface area contributed by atoms with Gasteiger partial charge < -0.3 is 14.4 Å². The zero-order chi connectivity index (χ0) is 35.8. The Hall–Kier alpha value is -5.61. The minimum absolute atomic E-state index is 0.407. The van der Waals surface area contributed by atoms with Crippen molar-refractivity contribution in [3.8, 4) is 16.9 Å². The molecular weight excluding hydrogens is 615 g/mol. The number of carbonyl (C=O) groups excluding carboxylic acids is 1. The van der Waals surface area contributed by atoms with Crippen LogP contribution in [0.1, 0.15) is 67.2 Å². The first-order valence-electron chi connectivity index (χ1n) is 17.2. The SMILES string of the molecule is C=C(C)c1ccc(-c2c(C(=O)OC)c3c(c4ccccc24)OC(c2ccccc2)(c2ccc(N(CC)CC)cc2)C=C3)cc1.C=C/C(C)=C\C. The van der Waals surface area contributed by atoms with Gasteiger partial charge in [0.1, 0.15) is 5.75 Å². The minimum atomic E-state index is -0.906. The molecule has 0 bridgehead atoms. The number of fused-ring (bicyclic) bond motifs is 3. The predicted octanol–water partition coefficient (Wildman–Crippen LogP) is 11.7. The van der Waals surface area contributed by atoms with Crippen LogP contribution in [-0.4, -0.2) is 26.2 Å². The summed E-state index contributed by atoms with van der Waals surface area (Å²) in [5, 5.41) is 1.85. The molecule has 0 aliphatic carbocycles. The van der Waals surface area contributed by atoms with Crippen molar-refractivity contribution >= 4 is 34.1 Å². The number of hydrogen-bond acceptors (Lipinski definition) is 4. The first-order valence-corrected chi connectivity index (χ1v) is 17.2. The number of esters is 1. The van der Waals surface area contributed by atoms with Crippen LogP contribution in [0.5, 0.6) is 5.75 Å². The third kappa shape index (κ3) is 6.93. The lowest BCUT2D eigenvalue weighted by Gasteiger charge is -2.37. The highest BCUT2D eigenvalue weighted by molar-refractivity contribution is 6.14. The van der Waals surface area contributed by atoms with Gasteiger partial charge in [0.2, 0.25) is 0 Å². The van der Waals surface area contributed by atoms with Crippen molar-refractivity contribution in [3.63, 3.8) is 0 Å². The quantitative estimate of drug-likeness (QED) is 0.116. The van der Waals surface area contributed by atoms with Gasteiger partial charge in [-0.3, -0.25) is 0 Å². The highest BCUT2D eigenvalue weighted by Crippen LogP contribution is 2.49. The van der Waals surface area contributed by atoms with Crippen molar-refractivity contribution in [3.05, 3.63) is 168 Å². The number of rotatable bonds is 9. The van der Waals surface area contributed by atoms with E-state index in [0.717, 1.165) is 57.3 Å². The Labute approximate surface area is 297 Å². The van der Waals surface area contributed by atoms with Crippen LogP contribution < -0.4 is 9.64 Å². The van der Waals surface area contributed by atoms with Gasteiger partial charge in [0.25, 0.3) is 0 Å². The predicted molar refractivity (Wildman–Crippen MR) is 212 cm³/mol. The van der Waals surface area contributed by atoms with E-state index in [1.54, 1.807) is 0 Å². The fourth-order valence-electron chi connectivity index (χ4n) is 6.42. The van der Waals surface area contributed by atoms with Crippen LogP contribution in [0.15, 0.2) is 140 Å². The molecule has 1 aliphatic heterocycles. The lowest BCUT2D eigenvalue weighted by Crippen LogP contribution is -2.35. The Morgan fingerprint density at radius 2 is 1.44 bits per heavy atom. The van der Waals surface area contributed by atoms with Gasteiger partial charge in [0.05, 0.1) is 12.7 Å². The number of methoxy groups -OCH3 is 1. The van der Waals surface area contributed by atoms with Crippen LogP contribution in [0.25, 0.3) is 33.5 Å². The van der Waals surface area contributed by atoms with E-state index >= 15 is 0 Å². The summed E-state index contributed by atoms with van der Waals surface area (Å²) in [6, 6.07) is 35.2. The Morgan fingerprint density at radius 1 is 0.840 bits per heavy atom. The van der Waals surface area contributed by atoms with Gasteiger partial charge >= 0.3 is 5.97 Å². The van der Waals surface area contributed by atoms with Crippen molar-refractivity contribution < 1.29 is 14.3 Å². The van der Waals surface area contributed by atoms with E-state index in [1.165, 1.54) is 18.4 Å². The second-order valence-electron chi connectivity index (χ2n) is 12.4. The molecule has 50 heavy (non-hydrogen) atoms. The third-order valence-electron chi connectivity index (χ3n) is 9.41. The lowest BCUT2D eigenvalue weighted by molar-refractivity contribution is 0.0600. The van der Waals surface area contributed by atoms with Crippen LogP contribution in [0, 0.1) is 0 Å². The summed E-state index contributed by atoms with van der Waals surface area (Å²) in [7, 11) is 1.43. The van der Waals surface area contributed by atoms with Crippen molar-refractivity contribution in [1.29, 1.82) is 0 Å². The number of carbonyl (C=O) groups is 1. The first kappa shape index (κ1) is 35.7. The molecule has 5 aromatic carbocycles. The number of ether oxygens (including phenoxy) is 2. The van der Waals surface area contributed by atoms with Crippen molar-refractivity contribution in [1.82, 2.24) is 0 Å². The molecule has 0 amide bonds. The maximum atomic E-state index is 13.6. The Balaban J connectivity index is 0.000000745. The largest absolute Gasteiger partial charge is 0.472 e. The highest BCUT2D eigenvalue weighted by Gasteiger charge is 2.40. The molecule has 0 N–H and O–H groups in total. The fraction of sp³-hybridized carbons (Fsp3) is 0.196. The van der Waals surface area contributed by atoms with E-state index in [4.69, 9.17) is 9.47 Å². The average Bonchev–Trinajstić information content (AvgIpc) is 3.17. The van der Waals surface area contributed by atoms with Gasteiger partial charge in [-0.1, -0.05) is 127 Å². The standard InChI is InChI=1S/C40H37NO3.C6H10/c1-6-41(7-2)32-23-21-31(22-24-32)40(30-13-9-8-10-14-30)26-25-35-37(39(42)43-5)36(29-19-17-28(18-20-29)27(3)4)33-15-11-12-16-34(33)38(35)44-40;1-4-6(3)5-2/h8-26H,3,6-7H2,1-2,4-5H3;4-5H,1H2,2-3H3/b;6-5-. The molecule has 0 radical (unpaired) electrons. The molecule has 5 aromatic rings. The third-order valence-corrected chi connectivity index (χ3v) is 9.41. The van der Waals surface area contributed by atoms with Crippen LogP contribution in [0.4, 0.5) is 5.69 Å². The Morgan fingerprint density at radius 3 is 1.98 bits per heavy atom. The summed E-state index contributed by atoms with van der Waals surface area (Å²) in [5.74, 6) is 0.248. The monoisotopic (exact) mass is 661 g/mol. The summed E-state index contributed by atoms with van der Waals surface area (Å²) < 4.78 is 12.6. The number of hydrogen-bond donors (Lipinski definition) is 0. The second-order valence-corrected chi connectivity index (χ2v) is 12.4. The first-order chi connectivity index (χ1) is 24.2. The molecule has 4 heteroatoms. The molecule has 1 atom stereocenters. The number of benzene rings is 5. The van der Waals surface area contributed by atoms with E-state index in [2.05, 4.69) is 86.5 Å². The molecule has 1 unspecified atom stereocenters. The zero-order valence-electron chi connectivity index (χ0n) is 30.1. The topological polar surface area (TPSA) is 38.8 Å². The smallest absolute Gasteiger partial charge is 0.339 e. The van der Waals surface area contributed by atoms with E-state index in [0.29, 0.717) is 16.9 Å². The lowest BCUT2D eigenvalue weighted by atomic mass is 9.81.